The van der Waals surface area contributed by atoms with Gasteiger partial charge in [0.05, 0.1) is 19.3 Å². The molecule has 0 aliphatic carbocycles. The first-order valence-corrected chi connectivity index (χ1v) is 4.40. The molecule has 0 saturated heterocycles. The maximum Gasteiger partial charge on any atom is 0.154 e. The van der Waals surface area contributed by atoms with Crippen molar-refractivity contribution in [2.75, 3.05) is 13.2 Å². The van der Waals surface area contributed by atoms with Gasteiger partial charge in [0.15, 0.2) is 5.60 Å². The minimum atomic E-state index is -0.669. The molecule has 0 fully saturated rings. The summed E-state index contributed by atoms with van der Waals surface area (Å²) in [5, 5.41) is 17.4. The van der Waals surface area contributed by atoms with Crippen LogP contribution in [0.25, 0.3) is 0 Å². The zero-order chi connectivity index (χ0) is 9.45. The molecule has 0 saturated carbocycles. The van der Waals surface area contributed by atoms with Crippen LogP contribution in [-0.2, 0) is 4.74 Å². The fourth-order valence-corrected chi connectivity index (χ4v) is 1.16. The Kier molecular flexibility index (Phi) is 5.69. The zero-order valence-corrected chi connectivity index (χ0v) is 7.84. The van der Waals surface area contributed by atoms with Gasteiger partial charge < -0.3 is 9.84 Å². The predicted octanol–water partition coefficient (Wildman–Crippen LogP) is 1.47. The molecule has 3 heteroatoms. The highest BCUT2D eigenvalue weighted by Gasteiger charge is 2.27. The fraction of sp³-hybridized carbons (Fsp3) is 0.889. The third kappa shape index (κ3) is 3.21. The topological polar surface area (TPSA) is 53.2 Å². The van der Waals surface area contributed by atoms with Gasteiger partial charge in [-0.3, -0.25) is 0 Å². The van der Waals surface area contributed by atoms with Crippen molar-refractivity contribution >= 4 is 0 Å². The molecule has 0 radical (unpaired) electrons. The lowest BCUT2D eigenvalue weighted by atomic mass is 9.96. The molecule has 0 bridgehead atoms. The van der Waals surface area contributed by atoms with Crippen molar-refractivity contribution < 1.29 is 9.84 Å². The Labute approximate surface area is 74.0 Å². The van der Waals surface area contributed by atoms with Crippen LogP contribution in [0.4, 0.5) is 0 Å². The molecule has 12 heavy (non-hydrogen) atoms. The molecule has 1 atom stereocenters. The quantitative estimate of drug-likeness (QED) is 0.658. The molecule has 0 aromatic heterocycles. The molecular formula is C9H17NO2. The molecule has 3 nitrogen and oxygen atoms in total. The van der Waals surface area contributed by atoms with Gasteiger partial charge in [0.25, 0.3) is 0 Å². The summed E-state index contributed by atoms with van der Waals surface area (Å²) >= 11 is 0. The maximum absolute atomic E-state index is 8.88. The van der Waals surface area contributed by atoms with E-state index < -0.39 is 5.60 Å². The van der Waals surface area contributed by atoms with Crippen LogP contribution < -0.4 is 0 Å². The van der Waals surface area contributed by atoms with Crippen LogP contribution in [0.3, 0.4) is 0 Å². The third-order valence-corrected chi connectivity index (χ3v) is 1.90. The van der Waals surface area contributed by atoms with E-state index in [1.54, 1.807) is 0 Å². The minimum absolute atomic E-state index is 0.0207. The second-order valence-electron chi connectivity index (χ2n) is 2.78. The van der Waals surface area contributed by atoms with Crippen molar-refractivity contribution in [2.45, 2.75) is 38.7 Å². The van der Waals surface area contributed by atoms with E-state index in [0.29, 0.717) is 6.42 Å². The van der Waals surface area contributed by atoms with Crippen molar-refractivity contribution in [3.8, 4) is 6.07 Å². The normalized spacial score (nSPS) is 15.2. The average molecular weight is 171 g/mol. The number of ether oxygens (including phenoxy) is 1. The summed E-state index contributed by atoms with van der Waals surface area (Å²) in [7, 11) is 0. The molecule has 0 heterocycles. The van der Waals surface area contributed by atoms with Crippen LogP contribution in [0.15, 0.2) is 0 Å². The number of hydrogen-bond donors (Lipinski definition) is 1. The van der Waals surface area contributed by atoms with E-state index in [4.69, 9.17) is 15.1 Å². The van der Waals surface area contributed by atoms with Gasteiger partial charge in [-0.15, -0.1) is 0 Å². The lowest BCUT2D eigenvalue weighted by molar-refractivity contribution is -0.0273. The Morgan fingerprint density at radius 2 is 2.17 bits per heavy atom. The molecule has 0 spiro atoms. The van der Waals surface area contributed by atoms with Gasteiger partial charge in [-0.1, -0.05) is 20.3 Å². The van der Waals surface area contributed by atoms with Crippen LogP contribution in [0, 0.1) is 11.3 Å². The molecule has 1 unspecified atom stereocenters. The molecule has 0 aliphatic rings. The van der Waals surface area contributed by atoms with Gasteiger partial charge in [0, 0.05) is 0 Å². The van der Waals surface area contributed by atoms with Crippen LogP contribution in [0.5, 0.6) is 0 Å². The van der Waals surface area contributed by atoms with Crippen molar-refractivity contribution in [1.29, 1.82) is 5.26 Å². The Hall–Kier alpha value is -0.590. The van der Waals surface area contributed by atoms with E-state index in [9.17, 15) is 0 Å². The van der Waals surface area contributed by atoms with E-state index in [1.165, 1.54) is 0 Å². The first-order valence-electron chi connectivity index (χ1n) is 4.40. The molecule has 1 N–H and O–H groups in total. The zero-order valence-electron chi connectivity index (χ0n) is 7.84. The van der Waals surface area contributed by atoms with Crippen LogP contribution in [0.2, 0.25) is 0 Å². The summed E-state index contributed by atoms with van der Waals surface area (Å²) in [6, 6.07) is 2.17. The van der Waals surface area contributed by atoms with Crippen LogP contribution >= 0.6 is 0 Å². The van der Waals surface area contributed by atoms with Crippen molar-refractivity contribution in [1.82, 2.24) is 0 Å². The summed E-state index contributed by atoms with van der Waals surface area (Å²) in [5.74, 6) is 0. The molecule has 0 aromatic carbocycles. The second kappa shape index (κ2) is 5.99. The molecule has 70 valence electrons. The highest BCUT2D eigenvalue weighted by molar-refractivity contribution is 5.00. The second-order valence-corrected chi connectivity index (χ2v) is 2.78. The van der Waals surface area contributed by atoms with Gasteiger partial charge in [0.2, 0.25) is 0 Å². The van der Waals surface area contributed by atoms with E-state index in [1.807, 2.05) is 13.8 Å². The smallest absolute Gasteiger partial charge is 0.154 e. The first-order chi connectivity index (χ1) is 5.74. The van der Waals surface area contributed by atoms with Gasteiger partial charge in [-0.05, 0) is 12.8 Å². The number of rotatable bonds is 6. The van der Waals surface area contributed by atoms with Gasteiger partial charge in [0.1, 0.15) is 0 Å². The van der Waals surface area contributed by atoms with E-state index in [0.717, 1.165) is 12.8 Å². The van der Waals surface area contributed by atoms with Gasteiger partial charge in [-0.2, -0.15) is 5.26 Å². The molecule has 0 amide bonds. The Morgan fingerprint density at radius 3 is 2.50 bits per heavy atom. The van der Waals surface area contributed by atoms with E-state index in [2.05, 4.69) is 6.07 Å². The minimum Gasteiger partial charge on any atom is -0.394 e. The predicted molar refractivity (Wildman–Crippen MR) is 46.6 cm³/mol. The number of aliphatic hydroxyl groups is 1. The summed E-state index contributed by atoms with van der Waals surface area (Å²) in [6.45, 7) is 4.18. The lowest BCUT2D eigenvalue weighted by Crippen LogP contribution is -2.31. The largest absolute Gasteiger partial charge is 0.394 e. The molecule has 0 aliphatic heterocycles. The highest BCUT2D eigenvalue weighted by atomic mass is 16.5. The number of nitrogens with zero attached hydrogens (tertiary/aromatic N) is 1. The first kappa shape index (κ1) is 11.4. The Balaban J connectivity index is 4.07. The number of hydrogen-bond acceptors (Lipinski definition) is 3. The van der Waals surface area contributed by atoms with Crippen molar-refractivity contribution in [3.63, 3.8) is 0 Å². The highest BCUT2D eigenvalue weighted by Crippen LogP contribution is 2.21. The lowest BCUT2D eigenvalue weighted by Gasteiger charge is -2.24. The fourth-order valence-electron chi connectivity index (χ4n) is 1.16. The maximum atomic E-state index is 8.88. The average Bonchev–Trinajstić information content (AvgIpc) is 2.13. The van der Waals surface area contributed by atoms with Gasteiger partial charge in [-0.25, -0.2) is 0 Å². The van der Waals surface area contributed by atoms with Crippen LogP contribution in [-0.4, -0.2) is 23.9 Å². The molecule has 0 aromatic rings. The Bertz CT molecular complexity index is 153. The van der Waals surface area contributed by atoms with E-state index in [-0.39, 0.29) is 13.2 Å². The van der Waals surface area contributed by atoms with Crippen LogP contribution in [0.1, 0.15) is 33.1 Å². The van der Waals surface area contributed by atoms with Crippen molar-refractivity contribution in [3.05, 3.63) is 0 Å². The monoisotopic (exact) mass is 171 g/mol. The molecule has 0 rings (SSSR count). The Morgan fingerprint density at radius 1 is 1.50 bits per heavy atom. The summed E-state index contributed by atoms with van der Waals surface area (Å²) in [5.41, 5.74) is -0.669. The summed E-state index contributed by atoms with van der Waals surface area (Å²) in [4.78, 5) is 0. The van der Waals surface area contributed by atoms with Crippen molar-refractivity contribution in [2.24, 2.45) is 0 Å². The standard InChI is InChI=1S/C9H17NO2/c1-3-5-9(4-2,8-10)12-7-6-11/h11H,3-7H2,1-2H3. The number of aliphatic hydroxyl groups excluding tert-OH is 1. The molecular weight excluding hydrogens is 154 g/mol. The summed E-state index contributed by atoms with van der Waals surface area (Å²) < 4.78 is 5.31. The summed E-state index contributed by atoms with van der Waals surface area (Å²) in [6.07, 6.45) is 2.34. The van der Waals surface area contributed by atoms with E-state index >= 15 is 0 Å². The SMILES string of the molecule is CCCC(C#N)(CC)OCCO. The van der Waals surface area contributed by atoms with Gasteiger partial charge >= 0.3 is 0 Å². The third-order valence-electron chi connectivity index (χ3n) is 1.90. The number of nitriles is 1.